The third-order valence-electron chi connectivity index (χ3n) is 7.82. The highest BCUT2D eigenvalue weighted by atomic mass is 16.6. The molecule has 5 heteroatoms. The number of carbonyl (C=O) groups excluding carboxylic acids is 1. The predicted molar refractivity (Wildman–Crippen MR) is 157 cm³/mol. The van der Waals surface area contributed by atoms with Gasteiger partial charge in [0.25, 0.3) is 0 Å². The Morgan fingerprint density at radius 2 is 1.62 bits per heavy atom. The van der Waals surface area contributed by atoms with Crippen LogP contribution in [0.15, 0.2) is 84.9 Å². The third kappa shape index (κ3) is 4.22. The lowest BCUT2D eigenvalue weighted by molar-refractivity contribution is 0.0224. The van der Waals surface area contributed by atoms with E-state index in [0.717, 1.165) is 64.6 Å². The van der Waals surface area contributed by atoms with Gasteiger partial charge in [-0.3, -0.25) is 0 Å². The van der Waals surface area contributed by atoms with Gasteiger partial charge in [0, 0.05) is 52.9 Å². The first-order chi connectivity index (χ1) is 18.9. The Morgan fingerprint density at radius 3 is 2.38 bits per heavy atom. The number of carbonyl (C=O) groups is 1. The topological polar surface area (TPSA) is 50.8 Å². The summed E-state index contributed by atoms with van der Waals surface area (Å²) in [4.78, 5) is 15.7. The molecule has 0 aliphatic carbocycles. The summed E-state index contributed by atoms with van der Waals surface area (Å²) < 4.78 is 13.0. The van der Waals surface area contributed by atoms with Gasteiger partial charge < -0.3 is 19.7 Å². The molecule has 4 aromatic carbocycles. The number of hydrogen-bond acceptors (Lipinski definition) is 5. The second kappa shape index (κ2) is 9.81. The Morgan fingerprint density at radius 1 is 0.872 bits per heavy atom. The molecule has 2 aliphatic rings. The van der Waals surface area contributed by atoms with Gasteiger partial charge in [-0.05, 0) is 74.2 Å². The molecule has 1 atom stereocenters. The van der Waals surface area contributed by atoms with Crippen molar-refractivity contribution in [1.29, 1.82) is 0 Å². The summed E-state index contributed by atoms with van der Waals surface area (Å²) >= 11 is 0. The van der Waals surface area contributed by atoms with Gasteiger partial charge in [0.1, 0.15) is 11.5 Å². The van der Waals surface area contributed by atoms with Gasteiger partial charge >= 0.3 is 5.97 Å². The summed E-state index contributed by atoms with van der Waals surface area (Å²) in [6.45, 7) is 10.6. The lowest BCUT2D eigenvalue weighted by atomic mass is 9.77. The molecule has 1 N–H and O–H groups in total. The smallest absolute Gasteiger partial charge is 0.340 e. The number of benzene rings is 4. The van der Waals surface area contributed by atoms with Crippen LogP contribution in [0.1, 0.15) is 59.8 Å². The second-order valence-corrected chi connectivity index (χ2v) is 10.8. The fraction of sp³-hybridized carbons (Fsp3) is 0.265. The molecule has 0 radical (unpaired) electrons. The van der Waals surface area contributed by atoms with Crippen LogP contribution in [0.5, 0.6) is 11.5 Å². The number of aryl methyl sites for hydroxylation is 1. The largest absolute Gasteiger partial charge is 0.456 e. The van der Waals surface area contributed by atoms with E-state index in [0.29, 0.717) is 17.2 Å². The van der Waals surface area contributed by atoms with Crippen LogP contribution >= 0.6 is 0 Å². The number of nitrogens with zero attached hydrogens (tertiary/aromatic N) is 1. The summed E-state index contributed by atoms with van der Waals surface area (Å²) in [5.74, 6) is 1.72. The van der Waals surface area contributed by atoms with Crippen LogP contribution < -0.4 is 15.0 Å². The maximum absolute atomic E-state index is 13.3. The van der Waals surface area contributed by atoms with E-state index in [4.69, 9.17) is 9.47 Å². The van der Waals surface area contributed by atoms with Gasteiger partial charge in [-0.15, -0.1) is 0 Å². The molecular weight excluding hydrogens is 484 g/mol. The van der Waals surface area contributed by atoms with Crippen LogP contribution in [0.3, 0.4) is 0 Å². The molecule has 1 unspecified atom stereocenters. The van der Waals surface area contributed by atoms with Crippen molar-refractivity contribution < 1.29 is 14.3 Å². The van der Waals surface area contributed by atoms with Crippen molar-refractivity contribution in [2.24, 2.45) is 5.92 Å². The minimum absolute atomic E-state index is 0.321. The van der Waals surface area contributed by atoms with Crippen molar-refractivity contribution >= 4 is 23.0 Å². The fourth-order valence-corrected chi connectivity index (χ4v) is 5.70. The van der Waals surface area contributed by atoms with Crippen molar-refractivity contribution in [3.63, 3.8) is 0 Å². The molecule has 0 amide bonds. The van der Waals surface area contributed by atoms with Gasteiger partial charge in [0.05, 0.1) is 5.56 Å². The highest BCUT2D eigenvalue weighted by Gasteiger charge is 2.53. The first kappa shape index (κ1) is 25.1. The average Bonchev–Trinajstić information content (AvgIpc) is 3.23. The summed E-state index contributed by atoms with van der Waals surface area (Å²) in [6.07, 6.45) is 1.11. The Balaban J connectivity index is 1.52. The molecule has 0 bridgehead atoms. The predicted octanol–water partition coefficient (Wildman–Crippen LogP) is 8.18. The summed E-state index contributed by atoms with van der Waals surface area (Å²) in [5.41, 5.74) is 6.06. The number of hydrogen-bond donors (Lipinski definition) is 1. The first-order valence-corrected chi connectivity index (χ1v) is 13.8. The zero-order chi connectivity index (χ0) is 27.1. The number of nitrogens with one attached hydrogen (secondary N) is 1. The van der Waals surface area contributed by atoms with Gasteiger partial charge in [0.2, 0.25) is 0 Å². The summed E-state index contributed by atoms with van der Waals surface area (Å²) in [7, 11) is 0. The molecule has 5 nitrogen and oxygen atoms in total. The number of rotatable bonds is 7. The number of esters is 1. The van der Waals surface area contributed by atoms with Crippen LogP contribution in [-0.4, -0.2) is 19.1 Å². The van der Waals surface area contributed by atoms with Crippen molar-refractivity contribution in [1.82, 2.24) is 0 Å². The molecule has 0 saturated carbocycles. The molecule has 0 fully saturated rings. The summed E-state index contributed by atoms with van der Waals surface area (Å²) in [6, 6.07) is 28.2. The Kier molecular flexibility index (Phi) is 6.30. The van der Waals surface area contributed by atoms with Gasteiger partial charge in [0.15, 0.2) is 5.60 Å². The van der Waals surface area contributed by atoms with Crippen LogP contribution in [0.2, 0.25) is 0 Å². The maximum atomic E-state index is 13.3. The van der Waals surface area contributed by atoms with Gasteiger partial charge in [-0.2, -0.15) is 0 Å². The second-order valence-electron chi connectivity index (χ2n) is 10.8. The quantitative estimate of drug-likeness (QED) is 0.250. The van der Waals surface area contributed by atoms with E-state index in [-0.39, 0.29) is 5.97 Å². The Hall–Kier alpha value is -4.25. The molecule has 1 spiro atoms. The molecular formula is C34H34N2O3. The van der Waals surface area contributed by atoms with Gasteiger partial charge in [-0.25, -0.2) is 4.79 Å². The molecule has 4 aromatic rings. The Labute approximate surface area is 230 Å². The number of ether oxygens (including phenoxy) is 2. The molecule has 6 rings (SSSR count). The number of para-hydroxylation sites is 1. The monoisotopic (exact) mass is 518 g/mol. The average molecular weight is 519 g/mol. The van der Waals surface area contributed by atoms with E-state index in [2.05, 4.69) is 62.2 Å². The molecule has 0 aromatic heterocycles. The van der Waals surface area contributed by atoms with Gasteiger partial charge in [-0.1, -0.05) is 50.2 Å². The fourth-order valence-electron chi connectivity index (χ4n) is 5.70. The minimum Gasteiger partial charge on any atom is -0.456 e. The van der Waals surface area contributed by atoms with E-state index in [1.54, 1.807) is 0 Å². The zero-order valence-electron chi connectivity index (χ0n) is 23.0. The van der Waals surface area contributed by atoms with Crippen molar-refractivity contribution in [2.45, 2.75) is 39.7 Å². The highest BCUT2D eigenvalue weighted by Crippen LogP contribution is 2.57. The normalized spacial score (nSPS) is 16.8. The highest BCUT2D eigenvalue weighted by molar-refractivity contribution is 5.97. The maximum Gasteiger partial charge on any atom is 0.340 e. The number of fused-ring (bicyclic) bond motifs is 6. The lowest BCUT2D eigenvalue weighted by Crippen LogP contribution is -2.33. The molecule has 39 heavy (non-hydrogen) atoms. The van der Waals surface area contributed by atoms with Crippen LogP contribution in [0.4, 0.5) is 17.1 Å². The van der Waals surface area contributed by atoms with E-state index in [1.807, 2.05) is 60.7 Å². The first-order valence-electron chi connectivity index (χ1n) is 13.8. The zero-order valence-corrected chi connectivity index (χ0v) is 23.0. The SMILES string of the molecule is CCN(CCC(C)C)c1ccc2c(c1)Oc1cc(C)c(Nc3ccccc3)cc1C21OC(=O)c2ccccc21. The lowest BCUT2D eigenvalue weighted by Gasteiger charge is -2.38. The van der Waals surface area contributed by atoms with Crippen LogP contribution in [-0.2, 0) is 10.3 Å². The van der Waals surface area contributed by atoms with Crippen LogP contribution in [0, 0.1) is 12.8 Å². The summed E-state index contributed by atoms with van der Waals surface area (Å²) in [5, 5.41) is 3.54. The third-order valence-corrected chi connectivity index (χ3v) is 7.82. The molecule has 2 aliphatic heterocycles. The Bertz CT molecular complexity index is 1550. The van der Waals surface area contributed by atoms with E-state index in [1.165, 1.54) is 0 Å². The molecule has 2 heterocycles. The standard InChI is InChI=1S/C34H34N2O3/c1-5-36(18-17-22(2)3)25-15-16-28-32(20-25)38-31-19-23(4)30(35-24-11-7-6-8-12-24)21-29(31)34(28)27-14-10-9-13-26(27)33(37)39-34/h6-16,19-22,35H,5,17-18H2,1-4H3. The minimum atomic E-state index is -1.09. The van der Waals surface area contributed by atoms with Crippen molar-refractivity contribution in [2.75, 3.05) is 23.3 Å². The van der Waals surface area contributed by atoms with Crippen molar-refractivity contribution in [3.8, 4) is 11.5 Å². The van der Waals surface area contributed by atoms with E-state index < -0.39 is 5.60 Å². The van der Waals surface area contributed by atoms with E-state index >= 15 is 0 Å². The number of anilines is 3. The van der Waals surface area contributed by atoms with E-state index in [9.17, 15) is 4.79 Å². The molecule has 198 valence electrons. The van der Waals surface area contributed by atoms with Crippen LogP contribution in [0.25, 0.3) is 0 Å². The van der Waals surface area contributed by atoms with Crippen molar-refractivity contribution in [3.05, 3.63) is 113 Å². The molecule has 0 saturated heterocycles.